The van der Waals surface area contributed by atoms with E-state index in [0.29, 0.717) is 50.3 Å². The van der Waals surface area contributed by atoms with Gasteiger partial charge in [0.15, 0.2) is 11.5 Å². The number of para-hydroxylation sites is 2. The first-order chi connectivity index (χ1) is 17.5. The number of aryl methyl sites for hydroxylation is 1. The highest BCUT2D eigenvalue weighted by atomic mass is 32.1. The van der Waals surface area contributed by atoms with Gasteiger partial charge in [-0.1, -0.05) is 42.5 Å². The molecule has 0 atom stereocenters. The van der Waals surface area contributed by atoms with Crippen molar-refractivity contribution in [2.24, 2.45) is 0 Å². The van der Waals surface area contributed by atoms with Crippen LogP contribution in [0.25, 0.3) is 10.2 Å². The van der Waals surface area contributed by atoms with Crippen LogP contribution in [0.5, 0.6) is 17.4 Å². The summed E-state index contributed by atoms with van der Waals surface area (Å²) in [6.45, 7) is 2.18. The van der Waals surface area contributed by atoms with Crippen LogP contribution in [0.4, 0.5) is 5.69 Å². The molecule has 0 fully saturated rings. The fourth-order valence-corrected chi connectivity index (χ4v) is 4.82. The average Bonchev–Trinajstić information content (AvgIpc) is 3.25. The van der Waals surface area contributed by atoms with E-state index < -0.39 is 0 Å². The van der Waals surface area contributed by atoms with E-state index in [-0.39, 0.29) is 11.5 Å². The topological polar surface area (TPSA) is 95.3 Å². The third-order valence-corrected chi connectivity index (χ3v) is 6.80. The predicted molar refractivity (Wildman–Crippen MR) is 139 cm³/mol. The monoisotopic (exact) mass is 498 g/mol. The molecule has 0 radical (unpaired) electrons. The SMILES string of the molecule is COc1ccccc1Oc1ccc(NC(=O)c2sc3ncn(Cc4ccccc4)c(=O)c3c2C)cn1. The zero-order valence-electron chi connectivity index (χ0n) is 19.6. The third-order valence-electron chi connectivity index (χ3n) is 5.60. The molecular weight excluding hydrogens is 476 g/mol. The van der Waals surface area contributed by atoms with Gasteiger partial charge in [0.2, 0.25) is 5.88 Å². The van der Waals surface area contributed by atoms with Gasteiger partial charge in [-0.05, 0) is 36.2 Å². The highest BCUT2D eigenvalue weighted by Crippen LogP contribution is 2.31. The van der Waals surface area contributed by atoms with Crippen molar-refractivity contribution in [1.82, 2.24) is 14.5 Å². The number of fused-ring (bicyclic) bond motifs is 1. The smallest absolute Gasteiger partial charge is 0.266 e. The van der Waals surface area contributed by atoms with Gasteiger partial charge in [-0.2, -0.15) is 0 Å². The van der Waals surface area contributed by atoms with Crippen molar-refractivity contribution in [3.05, 3.63) is 106 Å². The number of aromatic nitrogens is 3. The van der Waals surface area contributed by atoms with Gasteiger partial charge in [0.1, 0.15) is 4.83 Å². The zero-order chi connectivity index (χ0) is 25.1. The van der Waals surface area contributed by atoms with Gasteiger partial charge >= 0.3 is 0 Å². The number of hydrogen-bond acceptors (Lipinski definition) is 7. The van der Waals surface area contributed by atoms with E-state index in [1.807, 2.05) is 42.5 Å². The van der Waals surface area contributed by atoms with E-state index >= 15 is 0 Å². The molecule has 5 aromatic rings. The van der Waals surface area contributed by atoms with E-state index in [9.17, 15) is 9.59 Å². The number of pyridine rings is 1. The summed E-state index contributed by atoms with van der Waals surface area (Å²) >= 11 is 1.19. The normalized spacial score (nSPS) is 10.8. The summed E-state index contributed by atoms with van der Waals surface area (Å²) in [7, 11) is 1.57. The molecule has 0 aliphatic carbocycles. The van der Waals surface area contributed by atoms with E-state index in [1.54, 1.807) is 42.9 Å². The maximum atomic E-state index is 13.1. The molecule has 3 heterocycles. The second-order valence-electron chi connectivity index (χ2n) is 7.99. The summed E-state index contributed by atoms with van der Waals surface area (Å²) in [5.74, 6) is 1.16. The zero-order valence-corrected chi connectivity index (χ0v) is 20.4. The summed E-state index contributed by atoms with van der Waals surface area (Å²) in [6.07, 6.45) is 3.04. The molecule has 5 rings (SSSR count). The lowest BCUT2D eigenvalue weighted by Gasteiger charge is -2.10. The largest absolute Gasteiger partial charge is 0.493 e. The first-order valence-corrected chi connectivity index (χ1v) is 12.0. The number of rotatable bonds is 7. The second kappa shape index (κ2) is 10.0. The maximum Gasteiger partial charge on any atom is 0.266 e. The van der Waals surface area contributed by atoms with Crippen molar-refractivity contribution in [2.75, 3.05) is 12.4 Å². The van der Waals surface area contributed by atoms with Gasteiger partial charge in [0, 0.05) is 6.07 Å². The summed E-state index contributed by atoms with van der Waals surface area (Å²) < 4.78 is 12.6. The number of carbonyl (C=O) groups excluding carboxylic acids is 1. The number of amides is 1. The van der Waals surface area contributed by atoms with Gasteiger partial charge < -0.3 is 14.8 Å². The minimum absolute atomic E-state index is 0.170. The van der Waals surface area contributed by atoms with Crippen LogP contribution in [0.2, 0.25) is 0 Å². The lowest BCUT2D eigenvalue weighted by molar-refractivity contribution is 0.103. The molecule has 0 saturated heterocycles. The second-order valence-corrected chi connectivity index (χ2v) is 8.99. The fourth-order valence-electron chi connectivity index (χ4n) is 3.79. The van der Waals surface area contributed by atoms with E-state index in [1.165, 1.54) is 23.9 Å². The van der Waals surface area contributed by atoms with Crippen molar-refractivity contribution in [3.8, 4) is 17.4 Å². The predicted octanol–water partition coefficient (Wildman–Crippen LogP) is 5.26. The molecule has 9 heteroatoms. The highest BCUT2D eigenvalue weighted by Gasteiger charge is 2.20. The summed E-state index contributed by atoms with van der Waals surface area (Å²) in [6, 6.07) is 20.3. The number of nitrogens with zero attached hydrogens (tertiary/aromatic N) is 3. The lowest BCUT2D eigenvalue weighted by atomic mass is 10.2. The number of carbonyl (C=O) groups is 1. The maximum absolute atomic E-state index is 13.1. The minimum atomic E-state index is -0.329. The highest BCUT2D eigenvalue weighted by molar-refractivity contribution is 7.20. The Morgan fingerprint density at radius 2 is 1.75 bits per heavy atom. The lowest BCUT2D eigenvalue weighted by Crippen LogP contribution is -2.21. The third kappa shape index (κ3) is 4.69. The molecular formula is C27H22N4O4S. The van der Waals surface area contributed by atoms with Crippen molar-refractivity contribution in [3.63, 3.8) is 0 Å². The van der Waals surface area contributed by atoms with Crippen molar-refractivity contribution in [1.29, 1.82) is 0 Å². The van der Waals surface area contributed by atoms with Crippen LogP contribution in [0.15, 0.2) is 84.0 Å². The molecule has 36 heavy (non-hydrogen) atoms. The molecule has 180 valence electrons. The van der Waals surface area contributed by atoms with E-state index in [4.69, 9.17) is 9.47 Å². The Morgan fingerprint density at radius 1 is 1.00 bits per heavy atom. The minimum Gasteiger partial charge on any atom is -0.493 e. The summed E-state index contributed by atoms with van der Waals surface area (Å²) in [5, 5.41) is 3.30. The van der Waals surface area contributed by atoms with Crippen molar-refractivity contribution >= 4 is 33.1 Å². The number of nitrogens with one attached hydrogen (secondary N) is 1. The van der Waals surface area contributed by atoms with Gasteiger partial charge in [0.05, 0.1) is 42.1 Å². The van der Waals surface area contributed by atoms with E-state index in [0.717, 1.165) is 5.56 Å². The van der Waals surface area contributed by atoms with Crippen molar-refractivity contribution < 1.29 is 14.3 Å². The number of benzene rings is 2. The molecule has 2 aromatic carbocycles. The Morgan fingerprint density at radius 3 is 2.47 bits per heavy atom. The number of ether oxygens (including phenoxy) is 2. The molecule has 0 bridgehead atoms. The van der Waals surface area contributed by atoms with Gasteiger partial charge in [-0.25, -0.2) is 9.97 Å². The molecule has 3 aromatic heterocycles. The summed E-state index contributed by atoms with van der Waals surface area (Å²) in [4.78, 5) is 35.9. The van der Waals surface area contributed by atoms with Gasteiger partial charge in [-0.3, -0.25) is 14.2 Å². The van der Waals surface area contributed by atoms with Crippen LogP contribution in [0.1, 0.15) is 20.8 Å². The first-order valence-electron chi connectivity index (χ1n) is 11.1. The van der Waals surface area contributed by atoms with Crippen LogP contribution in [-0.2, 0) is 6.54 Å². The van der Waals surface area contributed by atoms with Crippen LogP contribution in [-0.4, -0.2) is 27.6 Å². The number of hydrogen-bond donors (Lipinski definition) is 1. The molecule has 1 N–H and O–H groups in total. The molecule has 0 aliphatic heterocycles. The van der Waals surface area contributed by atoms with Gasteiger partial charge in [-0.15, -0.1) is 11.3 Å². The number of methoxy groups -OCH3 is 1. The first kappa shape index (κ1) is 23.3. The van der Waals surface area contributed by atoms with Crippen LogP contribution < -0.4 is 20.3 Å². The Labute approximate surface area is 210 Å². The number of thiophene rings is 1. The molecule has 0 saturated carbocycles. The Bertz CT molecular complexity index is 1590. The molecule has 1 amide bonds. The van der Waals surface area contributed by atoms with Crippen LogP contribution >= 0.6 is 11.3 Å². The molecule has 0 unspecified atom stereocenters. The Hall–Kier alpha value is -4.50. The van der Waals surface area contributed by atoms with Crippen LogP contribution in [0, 0.1) is 6.92 Å². The molecule has 8 nitrogen and oxygen atoms in total. The Balaban J connectivity index is 1.34. The van der Waals surface area contributed by atoms with Crippen LogP contribution in [0.3, 0.4) is 0 Å². The van der Waals surface area contributed by atoms with Crippen molar-refractivity contribution in [2.45, 2.75) is 13.5 Å². The molecule has 0 aliphatic rings. The quantitative estimate of drug-likeness (QED) is 0.329. The number of anilines is 1. The fraction of sp³-hybridized carbons (Fsp3) is 0.111. The van der Waals surface area contributed by atoms with E-state index in [2.05, 4.69) is 15.3 Å². The Kier molecular flexibility index (Phi) is 6.46. The molecule has 0 spiro atoms. The standard InChI is InChI=1S/C27H22N4O4S/c1-17-23-26(29-16-31(27(23)33)15-18-8-4-3-5-9-18)36-24(17)25(32)30-19-12-13-22(28-14-19)35-21-11-7-6-10-20(21)34-2/h3-14,16H,15H2,1-2H3,(H,30,32). The van der Waals surface area contributed by atoms with Gasteiger partial charge in [0.25, 0.3) is 11.5 Å². The summed E-state index contributed by atoms with van der Waals surface area (Å²) in [5.41, 5.74) is 1.93. The average molecular weight is 499 g/mol.